The number of aromatic carboxylic acids is 1. The Hall–Kier alpha value is -4.46. The molecular weight excluding hydrogens is 420 g/mol. The molecule has 0 fully saturated rings. The van der Waals surface area contributed by atoms with Gasteiger partial charge in [0.15, 0.2) is 11.5 Å². The van der Waals surface area contributed by atoms with Crippen LogP contribution in [0.3, 0.4) is 0 Å². The Kier molecular flexibility index (Phi) is 5.32. The van der Waals surface area contributed by atoms with Crippen molar-refractivity contribution in [3.63, 3.8) is 0 Å². The van der Waals surface area contributed by atoms with E-state index in [2.05, 4.69) is 20.3 Å². The van der Waals surface area contributed by atoms with Gasteiger partial charge in [-0.2, -0.15) is 0 Å². The number of carbonyl (C=O) groups excluding carboxylic acids is 1. The average Bonchev–Trinajstić information content (AvgIpc) is 3.41. The zero-order valence-electron chi connectivity index (χ0n) is 17.5. The van der Waals surface area contributed by atoms with Gasteiger partial charge in [-0.05, 0) is 42.0 Å². The molecule has 164 valence electrons. The van der Waals surface area contributed by atoms with E-state index in [1.807, 2.05) is 30.3 Å². The number of benzene rings is 3. The quantitative estimate of drug-likeness (QED) is 0.352. The van der Waals surface area contributed by atoms with E-state index >= 15 is 0 Å². The van der Waals surface area contributed by atoms with Gasteiger partial charge in [0.25, 0.3) is 5.91 Å². The molecule has 0 aliphatic heterocycles. The molecule has 0 aliphatic rings. The minimum absolute atomic E-state index is 0.196. The van der Waals surface area contributed by atoms with Gasteiger partial charge in [-0.1, -0.05) is 30.3 Å². The van der Waals surface area contributed by atoms with Crippen LogP contribution in [0.5, 0.6) is 0 Å². The standard InChI is InChI=1S/C25H20N4O4/c30-24(26-11-10-22-27-18-8-6-17(25(31)32)14-19(18)28-22)16-7-9-21-20(13-16)29-23(33-21)12-15-4-2-1-3-5-15/h1-9,13-14H,10-12H2,(H,26,30)(H,27,28)(H,31,32). The highest BCUT2D eigenvalue weighted by atomic mass is 16.4. The Bertz CT molecular complexity index is 1470. The first-order valence-electron chi connectivity index (χ1n) is 10.5. The van der Waals surface area contributed by atoms with Crippen LogP contribution in [-0.2, 0) is 12.8 Å². The maximum atomic E-state index is 12.6. The molecule has 33 heavy (non-hydrogen) atoms. The molecule has 3 N–H and O–H groups in total. The van der Waals surface area contributed by atoms with Gasteiger partial charge < -0.3 is 19.8 Å². The predicted octanol–water partition coefficient (Wildman–Crippen LogP) is 3.97. The molecule has 0 atom stereocenters. The zero-order valence-corrected chi connectivity index (χ0v) is 17.5. The molecule has 0 aliphatic carbocycles. The molecule has 1 amide bonds. The van der Waals surface area contributed by atoms with Crippen molar-refractivity contribution < 1.29 is 19.1 Å². The Balaban J connectivity index is 1.22. The molecule has 5 aromatic rings. The van der Waals surface area contributed by atoms with Gasteiger partial charge in [0.2, 0.25) is 0 Å². The zero-order chi connectivity index (χ0) is 22.8. The molecule has 8 heteroatoms. The SMILES string of the molecule is O=C(O)c1ccc2nc(CCNC(=O)c3ccc4oc(Cc5ccccc5)nc4c3)[nH]c2c1. The molecular formula is C25H20N4O4. The number of aromatic amines is 1. The van der Waals surface area contributed by atoms with Gasteiger partial charge in [0.1, 0.15) is 11.3 Å². The Morgan fingerprint density at radius 3 is 2.58 bits per heavy atom. The van der Waals surface area contributed by atoms with Crippen LogP contribution in [0, 0.1) is 0 Å². The highest BCUT2D eigenvalue weighted by Crippen LogP contribution is 2.19. The molecule has 3 aromatic carbocycles. The molecule has 0 saturated carbocycles. The topological polar surface area (TPSA) is 121 Å². The van der Waals surface area contributed by atoms with E-state index in [-0.39, 0.29) is 11.5 Å². The van der Waals surface area contributed by atoms with Gasteiger partial charge in [-0.15, -0.1) is 0 Å². The lowest BCUT2D eigenvalue weighted by atomic mass is 10.1. The number of carbonyl (C=O) groups is 2. The van der Waals surface area contributed by atoms with E-state index in [1.54, 1.807) is 30.3 Å². The number of aromatic nitrogens is 3. The van der Waals surface area contributed by atoms with Gasteiger partial charge in [0, 0.05) is 24.9 Å². The minimum Gasteiger partial charge on any atom is -0.478 e. The number of oxazole rings is 1. The molecule has 0 saturated heterocycles. The van der Waals surface area contributed by atoms with E-state index < -0.39 is 5.97 Å². The largest absolute Gasteiger partial charge is 0.478 e. The average molecular weight is 440 g/mol. The van der Waals surface area contributed by atoms with Crippen LogP contribution in [0.2, 0.25) is 0 Å². The van der Waals surface area contributed by atoms with E-state index in [0.29, 0.717) is 58.8 Å². The number of H-pyrrole nitrogens is 1. The summed E-state index contributed by atoms with van der Waals surface area (Å²) in [6, 6.07) is 19.8. The van der Waals surface area contributed by atoms with Gasteiger partial charge in [0.05, 0.1) is 16.6 Å². The lowest BCUT2D eigenvalue weighted by molar-refractivity contribution is 0.0696. The lowest BCUT2D eigenvalue weighted by Gasteiger charge is -2.03. The van der Waals surface area contributed by atoms with E-state index in [4.69, 9.17) is 9.52 Å². The number of hydrogen-bond donors (Lipinski definition) is 3. The van der Waals surface area contributed by atoms with E-state index in [9.17, 15) is 9.59 Å². The number of rotatable bonds is 7. The van der Waals surface area contributed by atoms with Crippen molar-refractivity contribution in [2.24, 2.45) is 0 Å². The fourth-order valence-corrected chi connectivity index (χ4v) is 3.67. The number of nitrogens with zero attached hydrogens (tertiary/aromatic N) is 2. The summed E-state index contributed by atoms with van der Waals surface area (Å²) in [5, 5.41) is 12.0. The summed E-state index contributed by atoms with van der Waals surface area (Å²) in [4.78, 5) is 35.8. The third-order valence-corrected chi connectivity index (χ3v) is 5.32. The minimum atomic E-state index is -0.989. The molecule has 5 rings (SSSR count). The van der Waals surface area contributed by atoms with Crippen LogP contribution >= 0.6 is 0 Å². The van der Waals surface area contributed by atoms with Crippen LogP contribution in [0.4, 0.5) is 0 Å². The molecule has 0 bridgehead atoms. The highest BCUT2D eigenvalue weighted by molar-refractivity contribution is 5.97. The van der Waals surface area contributed by atoms with E-state index in [1.165, 1.54) is 6.07 Å². The third-order valence-electron chi connectivity index (χ3n) is 5.32. The first kappa shape index (κ1) is 20.4. The number of carboxylic acids is 1. The molecule has 2 heterocycles. The summed E-state index contributed by atoms with van der Waals surface area (Å²) in [5.41, 5.74) is 4.41. The van der Waals surface area contributed by atoms with Crippen LogP contribution in [0.25, 0.3) is 22.1 Å². The van der Waals surface area contributed by atoms with Crippen molar-refractivity contribution in [2.45, 2.75) is 12.8 Å². The van der Waals surface area contributed by atoms with Gasteiger partial charge >= 0.3 is 5.97 Å². The summed E-state index contributed by atoms with van der Waals surface area (Å²) in [6.07, 6.45) is 1.07. The van der Waals surface area contributed by atoms with Crippen LogP contribution in [0.1, 0.15) is 38.0 Å². The smallest absolute Gasteiger partial charge is 0.335 e. The number of amides is 1. The number of fused-ring (bicyclic) bond motifs is 2. The molecule has 0 unspecified atom stereocenters. The fraction of sp³-hybridized carbons (Fsp3) is 0.120. The van der Waals surface area contributed by atoms with Crippen LogP contribution < -0.4 is 5.32 Å². The number of carboxylic acid groups (broad SMARTS) is 1. The summed E-state index contributed by atoms with van der Waals surface area (Å²) in [6.45, 7) is 0.376. The summed E-state index contributed by atoms with van der Waals surface area (Å²) in [7, 11) is 0. The van der Waals surface area contributed by atoms with Crippen molar-refractivity contribution in [3.05, 3.63) is 95.1 Å². The van der Waals surface area contributed by atoms with Crippen molar-refractivity contribution in [3.8, 4) is 0 Å². The molecule has 8 nitrogen and oxygen atoms in total. The lowest BCUT2D eigenvalue weighted by Crippen LogP contribution is -2.25. The van der Waals surface area contributed by atoms with Gasteiger partial charge in [-0.25, -0.2) is 14.8 Å². The maximum Gasteiger partial charge on any atom is 0.335 e. The third kappa shape index (κ3) is 4.45. The predicted molar refractivity (Wildman–Crippen MR) is 122 cm³/mol. The fourth-order valence-electron chi connectivity index (χ4n) is 3.67. The first-order chi connectivity index (χ1) is 16.0. The summed E-state index contributed by atoms with van der Waals surface area (Å²) < 4.78 is 5.81. The monoisotopic (exact) mass is 440 g/mol. The Morgan fingerprint density at radius 1 is 0.939 bits per heavy atom. The highest BCUT2D eigenvalue weighted by Gasteiger charge is 2.12. The van der Waals surface area contributed by atoms with Crippen molar-refractivity contribution in [1.29, 1.82) is 0 Å². The normalized spacial score (nSPS) is 11.2. The Morgan fingerprint density at radius 2 is 1.76 bits per heavy atom. The molecule has 0 radical (unpaired) electrons. The summed E-state index contributed by atoms with van der Waals surface area (Å²) >= 11 is 0. The van der Waals surface area contributed by atoms with Crippen LogP contribution in [-0.4, -0.2) is 38.5 Å². The number of nitrogens with one attached hydrogen (secondary N) is 2. The second-order valence-corrected chi connectivity index (χ2v) is 7.68. The van der Waals surface area contributed by atoms with Crippen molar-refractivity contribution in [1.82, 2.24) is 20.3 Å². The first-order valence-corrected chi connectivity index (χ1v) is 10.5. The van der Waals surface area contributed by atoms with Crippen LogP contribution in [0.15, 0.2) is 71.1 Å². The summed E-state index contributed by atoms with van der Waals surface area (Å²) in [5.74, 6) is 0.0698. The second-order valence-electron chi connectivity index (χ2n) is 7.68. The van der Waals surface area contributed by atoms with Crippen molar-refractivity contribution >= 4 is 34.0 Å². The number of hydrogen-bond acceptors (Lipinski definition) is 5. The van der Waals surface area contributed by atoms with E-state index in [0.717, 1.165) is 5.56 Å². The molecule has 0 spiro atoms. The number of imidazole rings is 1. The van der Waals surface area contributed by atoms with Gasteiger partial charge in [-0.3, -0.25) is 4.79 Å². The van der Waals surface area contributed by atoms with Crippen molar-refractivity contribution in [2.75, 3.05) is 6.54 Å². The molecule has 2 aromatic heterocycles. The second kappa shape index (κ2) is 8.58. The maximum absolute atomic E-state index is 12.6. The Labute approximate surface area is 188 Å².